The van der Waals surface area contributed by atoms with Gasteiger partial charge >= 0.3 is 0 Å². The van der Waals surface area contributed by atoms with Gasteiger partial charge < -0.3 is 0 Å². The normalized spacial score (nSPS) is 10.4. The molecule has 0 N–H and O–H groups in total. The van der Waals surface area contributed by atoms with Crippen molar-refractivity contribution < 1.29 is 13.6 Å². The van der Waals surface area contributed by atoms with Crippen molar-refractivity contribution in [2.45, 2.75) is 6.92 Å². The summed E-state index contributed by atoms with van der Waals surface area (Å²) in [7, 11) is 0. The van der Waals surface area contributed by atoms with Gasteiger partial charge in [0.25, 0.3) is 0 Å². The van der Waals surface area contributed by atoms with Gasteiger partial charge in [-0.3, -0.25) is 4.79 Å². The van der Waals surface area contributed by atoms with E-state index in [1.54, 1.807) is 0 Å². The molecule has 0 aliphatic carbocycles. The van der Waals surface area contributed by atoms with Crippen LogP contribution in [-0.2, 0) is 0 Å². The van der Waals surface area contributed by atoms with Gasteiger partial charge in [0.1, 0.15) is 16.8 Å². The summed E-state index contributed by atoms with van der Waals surface area (Å²) in [5.41, 5.74) is 0.651. The van der Waals surface area contributed by atoms with Crippen LogP contribution >= 0.6 is 11.6 Å². The number of aromatic nitrogens is 1. The first-order valence-electron chi connectivity index (χ1n) is 5.10. The molecule has 0 saturated carbocycles. The van der Waals surface area contributed by atoms with Crippen LogP contribution in [0.1, 0.15) is 15.9 Å². The van der Waals surface area contributed by atoms with E-state index in [9.17, 15) is 13.6 Å². The number of carbonyl (C=O) groups is 1. The van der Waals surface area contributed by atoms with Crippen molar-refractivity contribution in [3.63, 3.8) is 0 Å². The quantitative estimate of drug-likeness (QED) is 0.612. The molecule has 0 fully saturated rings. The molecule has 2 aromatic rings. The Hall–Kier alpha value is -1.81. The Morgan fingerprint density at radius 2 is 1.89 bits per heavy atom. The molecule has 0 bridgehead atoms. The zero-order valence-corrected chi connectivity index (χ0v) is 10.1. The highest BCUT2D eigenvalue weighted by Gasteiger charge is 2.13. The Kier molecular flexibility index (Phi) is 3.39. The van der Waals surface area contributed by atoms with Gasteiger partial charge in [0.2, 0.25) is 0 Å². The highest BCUT2D eigenvalue weighted by atomic mass is 35.5. The van der Waals surface area contributed by atoms with Crippen LogP contribution in [-0.4, -0.2) is 11.3 Å². The molecule has 1 aromatic heterocycles. The molecule has 18 heavy (non-hydrogen) atoms. The number of aldehydes is 1. The summed E-state index contributed by atoms with van der Waals surface area (Å²) in [6.07, 6.45) is 1.89. The van der Waals surface area contributed by atoms with Gasteiger partial charge in [-0.05, 0) is 36.2 Å². The highest BCUT2D eigenvalue weighted by Crippen LogP contribution is 2.28. The number of halogens is 3. The van der Waals surface area contributed by atoms with Crippen molar-refractivity contribution in [2.75, 3.05) is 0 Å². The maximum absolute atomic E-state index is 13.5. The van der Waals surface area contributed by atoms with Gasteiger partial charge in [-0.1, -0.05) is 11.6 Å². The number of rotatable bonds is 2. The van der Waals surface area contributed by atoms with Crippen LogP contribution in [0.5, 0.6) is 0 Å². The van der Waals surface area contributed by atoms with E-state index in [4.69, 9.17) is 11.6 Å². The number of hydrogen-bond acceptors (Lipinski definition) is 2. The number of carbonyl (C=O) groups excluding carboxylic acids is 1. The van der Waals surface area contributed by atoms with E-state index in [2.05, 4.69) is 4.98 Å². The van der Waals surface area contributed by atoms with Crippen LogP contribution in [0.25, 0.3) is 11.1 Å². The standard InChI is InChI=1S/C13H8ClF2NO/c1-7-11(15)4-8(5-12(7)16)9-2-3-17-13(14)10(9)6-18/h2-6H,1H3. The summed E-state index contributed by atoms with van der Waals surface area (Å²) in [5.74, 6) is -1.34. The van der Waals surface area contributed by atoms with Crippen LogP contribution in [0.2, 0.25) is 5.15 Å². The Morgan fingerprint density at radius 1 is 1.28 bits per heavy atom. The summed E-state index contributed by atoms with van der Waals surface area (Å²) in [6.45, 7) is 1.34. The number of nitrogens with zero attached hydrogens (tertiary/aromatic N) is 1. The molecule has 0 atom stereocenters. The summed E-state index contributed by atoms with van der Waals surface area (Å²) in [6, 6.07) is 3.81. The largest absolute Gasteiger partial charge is 0.298 e. The molecular formula is C13H8ClF2NO. The third kappa shape index (κ3) is 2.11. The molecule has 1 aromatic carbocycles. The Balaban J connectivity index is 2.70. The van der Waals surface area contributed by atoms with E-state index in [-0.39, 0.29) is 21.8 Å². The molecule has 0 aliphatic heterocycles. The summed E-state index contributed by atoms with van der Waals surface area (Å²) in [5, 5.41) is 0.00360. The predicted octanol–water partition coefficient (Wildman–Crippen LogP) is 3.80. The van der Waals surface area contributed by atoms with Gasteiger partial charge in [-0.25, -0.2) is 13.8 Å². The lowest BCUT2D eigenvalue weighted by molar-refractivity contribution is 0.112. The molecule has 0 saturated heterocycles. The Bertz CT molecular complexity index is 605. The van der Waals surface area contributed by atoms with Gasteiger partial charge in [-0.2, -0.15) is 0 Å². The fourth-order valence-corrected chi connectivity index (χ4v) is 1.82. The van der Waals surface area contributed by atoms with Gasteiger partial charge in [0.05, 0.1) is 5.56 Å². The van der Waals surface area contributed by atoms with Crippen LogP contribution in [0.4, 0.5) is 8.78 Å². The summed E-state index contributed by atoms with van der Waals surface area (Å²) >= 11 is 5.76. The number of pyridine rings is 1. The first-order valence-corrected chi connectivity index (χ1v) is 5.48. The maximum Gasteiger partial charge on any atom is 0.153 e. The minimum absolute atomic E-state index is 0.00360. The molecule has 2 nitrogen and oxygen atoms in total. The van der Waals surface area contributed by atoms with E-state index < -0.39 is 11.6 Å². The van der Waals surface area contributed by atoms with E-state index in [1.165, 1.54) is 19.2 Å². The monoisotopic (exact) mass is 267 g/mol. The van der Waals surface area contributed by atoms with Crippen LogP contribution < -0.4 is 0 Å². The van der Waals surface area contributed by atoms with Crippen LogP contribution in [0.15, 0.2) is 24.4 Å². The fraction of sp³-hybridized carbons (Fsp3) is 0.0769. The third-order valence-electron chi connectivity index (χ3n) is 2.65. The van der Waals surface area contributed by atoms with Gasteiger partial charge in [-0.15, -0.1) is 0 Å². The fourth-order valence-electron chi connectivity index (χ4n) is 1.61. The second-order valence-corrected chi connectivity index (χ2v) is 4.10. The highest BCUT2D eigenvalue weighted by molar-refractivity contribution is 6.32. The molecule has 0 amide bonds. The molecule has 0 spiro atoms. The molecule has 0 aliphatic rings. The van der Waals surface area contributed by atoms with Crippen molar-refractivity contribution in [1.29, 1.82) is 0 Å². The third-order valence-corrected chi connectivity index (χ3v) is 2.95. The average Bonchev–Trinajstić information content (AvgIpc) is 2.35. The number of benzene rings is 1. The molecule has 5 heteroatoms. The molecular weight excluding hydrogens is 260 g/mol. The average molecular weight is 268 g/mol. The first kappa shape index (κ1) is 12.6. The minimum atomic E-state index is -0.671. The lowest BCUT2D eigenvalue weighted by Crippen LogP contribution is -1.95. The molecule has 2 rings (SSSR count). The van der Waals surface area contributed by atoms with Crippen molar-refractivity contribution in [3.05, 3.63) is 52.3 Å². The predicted molar refractivity (Wildman–Crippen MR) is 64.7 cm³/mol. The first-order chi connectivity index (χ1) is 8.54. The van der Waals surface area contributed by atoms with Crippen molar-refractivity contribution in [1.82, 2.24) is 4.98 Å². The maximum atomic E-state index is 13.5. The second kappa shape index (κ2) is 4.82. The smallest absolute Gasteiger partial charge is 0.153 e. The van der Waals surface area contributed by atoms with Gasteiger partial charge in [0, 0.05) is 11.8 Å². The van der Waals surface area contributed by atoms with E-state index in [1.807, 2.05) is 0 Å². The molecule has 1 heterocycles. The lowest BCUT2D eigenvalue weighted by Gasteiger charge is -2.08. The van der Waals surface area contributed by atoms with E-state index in [0.717, 1.165) is 12.1 Å². The topological polar surface area (TPSA) is 30.0 Å². The Morgan fingerprint density at radius 3 is 2.44 bits per heavy atom. The molecule has 0 unspecified atom stereocenters. The zero-order chi connectivity index (χ0) is 13.3. The SMILES string of the molecule is Cc1c(F)cc(-c2ccnc(Cl)c2C=O)cc1F. The van der Waals surface area contributed by atoms with Crippen LogP contribution in [0.3, 0.4) is 0 Å². The second-order valence-electron chi connectivity index (χ2n) is 3.75. The van der Waals surface area contributed by atoms with E-state index >= 15 is 0 Å². The summed E-state index contributed by atoms with van der Waals surface area (Å²) in [4.78, 5) is 14.7. The molecule has 0 radical (unpaired) electrons. The van der Waals surface area contributed by atoms with Crippen molar-refractivity contribution >= 4 is 17.9 Å². The van der Waals surface area contributed by atoms with Gasteiger partial charge in [0.15, 0.2) is 6.29 Å². The zero-order valence-electron chi connectivity index (χ0n) is 9.38. The van der Waals surface area contributed by atoms with Crippen LogP contribution in [0, 0.1) is 18.6 Å². The van der Waals surface area contributed by atoms with E-state index in [0.29, 0.717) is 11.8 Å². The van der Waals surface area contributed by atoms with Crippen molar-refractivity contribution in [2.24, 2.45) is 0 Å². The minimum Gasteiger partial charge on any atom is -0.298 e. The Labute approximate surface area is 107 Å². The molecule has 92 valence electrons. The van der Waals surface area contributed by atoms with Crippen molar-refractivity contribution in [3.8, 4) is 11.1 Å². The number of hydrogen-bond donors (Lipinski definition) is 0. The summed E-state index contributed by atoms with van der Waals surface area (Å²) < 4.78 is 27.0. The lowest BCUT2D eigenvalue weighted by atomic mass is 10.0.